The third-order valence-electron chi connectivity index (χ3n) is 3.84. The van der Waals surface area contributed by atoms with Crippen LogP contribution in [0.4, 0.5) is 11.4 Å². The maximum Gasteiger partial charge on any atom is 0.296 e. The van der Waals surface area contributed by atoms with Gasteiger partial charge in [-0.05, 0) is 49.4 Å². The van der Waals surface area contributed by atoms with Crippen LogP contribution in [-0.4, -0.2) is 27.2 Å². The number of nitro groups is 1. The van der Waals surface area contributed by atoms with Crippen LogP contribution in [0.5, 0.6) is 11.5 Å². The largest absolute Gasteiger partial charge is 0.494 e. The molecule has 0 aliphatic heterocycles. The van der Waals surface area contributed by atoms with E-state index in [1.807, 2.05) is 0 Å². The summed E-state index contributed by atoms with van der Waals surface area (Å²) in [4.78, 5) is 23.4. The van der Waals surface area contributed by atoms with Crippen molar-refractivity contribution in [2.45, 2.75) is 13.7 Å². The number of aromatic nitrogens is 2. The number of carbonyl (C=O) groups is 1. The van der Waals surface area contributed by atoms with Gasteiger partial charge in [-0.2, -0.15) is 5.10 Å². The summed E-state index contributed by atoms with van der Waals surface area (Å²) >= 11 is 5.84. The molecule has 0 aliphatic carbocycles. The zero-order valence-corrected chi connectivity index (χ0v) is 16.1. The molecule has 1 heterocycles. The van der Waals surface area contributed by atoms with Gasteiger partial charge in [0.15, 0.2) is 6.73 Å². The second-order valence-corrected chi connectivity index (χ2v) is 6.20. The first-order chi connectivity index (χ1) is 14.0. The molecular weight excluding hydrogens is 400 g/mol. The Labute approximate surface area is 171 Å². The molecule has 1 amide bonds. The first-order valence-electron chi connectivity index (χ1n) is 8.60. The quantitative estimate of drug-likeness (QED) is 0.436. The van der Waals surface area contributed by atoms with Gasteiger partial charge in [-0.1, -0.05) is 11.6 Å². The molecule has 0 spiro atoms. The predicted octanol–water partition coefficient (Wildman–Crippen LogP) is 4.13. The first kappa shape index (κ1) is 20.2. The molecule has 1 N–H and O–H groups in total. The van der Waals surface area contributed by atoms with Gasteiger partial charge in [-0.3, -0.25) is 14.9 Å². The van der Waals surface area contributed by atoms with Crippen LogP contribution < -0.4 is 14.8 Å². The van der Waals surface area contributed by atoms with Crippen molar-refractivity contribution in [3.05, 3.63) is 75.6 Å². The van der Waals surface area contributed by atoms with Gasteiger partial charge in [-0.25, -0.2) is 4.68 Å². The van der Waals surface area contributed by atoms with Crippen LogP contribution >= 0.6 is 11.6 Å². The SMILES string of the molecule is CCOc1ccc(NC(=O)c2ccnn2COc2ccc(Cl)cc2)c([N+](=O)[O-])c1. The van der Waals surface area contributed by atoms with Crippen LogP contribution in [0.2, 0.25) is 5.02 Å². The molecule has 10 heteroatoms. The van der Waals surface area contributed by atoms with Crippen LogP contribution in [-0.2, 0) is 6.73 Å². The van der Waals surface area contributed by atoms with Crippen molar-refractivity contribution < 1.29 is 19.2 Å². The Morgan fingerprint density at radius 1 is 1.17 bits per heavy atom. The Bertz CT molecular complexity index is 1020. The lowest BCUT2D eigenvalue weighted by atomic mass is 10.2. The highest BCUT2D eigenvalue weighted by Crippen LogP contribution is 2.29. The number of rotatable bonds is 8. The number of carbonyl (C=O) groups excluding carboxylic acids is 1. The van der Waals surface area contributed by atoms with E-state index in [4.69, 9.17) is 21.1 Å². The molecule has 9 nitrogen and oxygen atoms in total. The van der Waals surface area contributed by atoms with E-state index in [1.54, 1.807) is 37.3 Å². The van der Waals surface area contributed by atoms with E-state index in [0.29, 0.717) is 23.1 Å². The van der Waals surface area contributed by atoms with Gasteiger partial charge in [0.1, 0.15) is 22.9 Å². The van der Waals surface area contributed by atoms with Gasteiger partial charge in [0.2, 0.25) is 0 Å². The summed E-state index contributed by atoms with van der Waals surface area (Å²) in [6.07, 6.45) is 1.44. The number of hydrogen-bond acceptors (Lipinski definition) is 6. The predicted molar refractivity (Wildman–Crippen MR) is 107 cm³/mol. The molecule has 0 atom stereocenters. The minimum absolute atomic E-state index is 0.0250. The number of ether oxygens (including phenoxy) is 2. The number of nitrogens with zero attached hydrogens (tertiary/aromatic N) is 3. The van der Waals surface area contributed by atoms with Crippen LogP contribution in [0.1, 0.15) is 17.4 Å². The summed E-state index contributed by atoms with van der Waals surface area (Å²) in [7, 11) is 0. The molecule has 0 saturated carbocycles. The molecule has 29 heavy (non-hydrogen) atoms. The van der Waals surface area contributed by atoms with Crippen molar-refractivity contribution in [3.63, 3.8) is 0 Å². The highest BCUT2D eigenvalue weighted by atomic mass is 35.5. The summed E-state index contributed by atoms with van der Waals surface area (Å²) in [5.41, 5.74) is -0.0373. The highest BCUT2D eigenvalue weighted by molar-refractivity contribution is 6.30. The number of hydrogen-bond donors (Lipinski definition) is 1. The Hall–Kier alpha value is -3.59. The van der Waals surface area contributed by atoms with Crippen molar-refractivity contribution in [2.75, 3.05) is 11.9 Å². The van der Waals surface area contributed by atoms with E-state index in [9.17, 15) is 14.9 Å². The molecule has 0 saturated heterocycles. The lowest BCUT2D eigenvalue weighted by Crippen LogP contribution is -2.20. The van der Waals surface area contributed by atoms with Crippen molar-refractivity contribution in [1.29, 1.82) is 0 Å². The second kappa shape index (κ2) is 9.07. The monoisotopic (exact) mass is 416 g/mol. The average Bonchev–Trinajstić information content (AvgIpc) is 3.17. The minimum atomic E-state index is -0.584. The molecule has 0 bridgehead atoms. The van der Waals surface area contributed by atoms with Gasteiger partial charge in [-0.15, -0.1) is 0 Å². The normalized spacial score (nSPS) is 10.4. The topological polar surface area (TPSA) is 109 Å². The van der Waals surface area contributed by atoms with Gasteiger partial charge < -0.3 is 14.8 Å². The zero-order valence-electron chi connectivity index (χ0n) is 15.4. The molecule has 0 radical (unpaired) electrons. The summed E-state index contributed by atoms with van der Waals surface area (Å²) in [5, 5.41) is 18.5. The number of amides is 1. The number of benzene rings is 2. The fourth-order valence-electron chi connectivity index (χ4n) is 2.51. The van der Waals surface area contributed by atoms with E-state index in [0.717, 1.165) is 0 Å². The molecular formula is C19H17ClN4O5. The third kappa shape index (κ3) is 5.02. The lowest BCUT2D eigenvalue weighted by Gasteiger charge is -2.11. The van der Waals surface area contributed by atoms with Crippen LogP contribution in [0, 0.1) is 10.1 Å². The average molecular weight is 417 g/mol. The molecule has 0 fully saturated rings. The third-order valence-corrected chi connectivity index (χ3v) is 4.09. The van der Waals surface area contributed by atoms with Crippen molar-refractivity contribution in [2.24, 2.45) is 0 Å². The Balaban J connectivity index is 1.74. The molecule has 3 aromatic rings. The summed E-state index contributed by atoms with van der Waals surface area (Å²) in [6.45, 7) is 2.12. The molecule has 3 rings (SSSR count). The van der Waals surface area contributed by atoms with Crippen LogP contribution in [0.15, 0.2) is 54.7 Å². The van der Waals surface area contributed by atoms with E-state index < -0.39 is 10.8 Å². The summed E-state index contributed by atoms with van der Waals surface area (Å²) in [6, 6.07) is 12.5. The van der Waals surface area contributed by atoms with Gasteiger partial charge in [0.05, 0.1) is 17.6 Å². The smallest absolute Gasteiger partial charge is 0.296 e. The Morgan fingerprint density at radius 3 is 2.59 bits per heavy atom. The maximum absolute atomic E-state index is 12.6. The van der Waals surface area contributed by atoms with E-state index >= 15 is 0 Å². The molecule has 0 unspecified atom stereocenters. The number of halogens is 1. The van der Waals surface area contributed by atoms with Crippen molar-refractivity contribution >= 4 is 28.9 Å². The van der Waals surface area contributed by atoms with Gasteiger partial charge in [0.25, 0.3) is 11.6 Å². The molecule has 0 aliphatic rings. The summed E-state index contributed by atoms with van der Waals surface area (Å²) < 4.78 is 12.2. The fourth-order valence-corrected chi connectivity index (χ4v) is 2.63. The standard InChI is InChI=1S/C19H17ClN4O5/c1-2-28-15-7-8-16(18(11-15)24(26)27)22-19(25)17-9-10-21-23(17)12-29-14-5-3-13(20)4-6-14/h3-11H,2,12H2,1H3,(H,22,25). The lowest BCUT2D eigenvalue weighted by molar-refractivity contribution is -0.384. The second-order valence-electron chi connectivity index (χ2n) is 5.77. The minimum Gasteiger partial charge on any atom is -0.494 e. The highest BCUT2D eigenvalue weighted by Gasteiger charge is 2.20. The maximum atomic E-state index is 12.6. The van der Waals surface area contributed by atoms with E-state index in [-0.39, 0.29) is 23.8 Å². The summed E-state index contributed by atoms with van der Waals surface area (Å²) in [5.74, 6) is 0.339. The van der Waals surface area contributed by atoms with Crippen molar-refractivity contribution in [3.8, 4) is 11.5 Å². The van der Waals surface area contributed by atoms with Gasteiger partial charge in [0, 0.05) is 11.2 Å². The van der Waals surface area contributed by atoms with Crippen LogP contribution in [0.25, 0.3) is 0 Å². The molecule has 1 aromatic heterocycles. The van der Waals surface area contributed by atoms with E-state index in [1.165, 1.54) is 29.1 Å². The number of anilines is 1. The first-order valence-corrected chi connectivity index (χ1v) is 8.98. The number of nitrogens with one attached hydrogen (secondary N) is 1. The van der Waals surface area contributed by atoms with Crippen molar-refractivity contribution in [1.82, 2.24) is 9.78 Å². The van der Waals surface area contributed by atoms with Crippen LogP contribution in [0.3, 0.4) is 0 Å². The fraction of sp³-hybridized carbons (Fsp3) is 0.158. The molecule has 150 valence electrons. The Morgan fingerprint density at radius 2 is 1.90 bits per heavy atom. The Kier molecular flexibility index (Phi) is 6.30. The number of nitro benzene ring substituents is 1. The molecule has 2 aromatic carbocycles. The van der Waals surface area contributed by atoms with E-state index in [2.05, 4.69) is 10.4 Å². The van der Waals surface area contributed by atoms with Gasteiger partial charge >= 0.3 is 0 Å². The zero-order chi connectivity index (χ0) is 20.8.